The fourth-order valence-corrected chi connectivity index (χ4v) is 3.61. The molecule has 3 rings (SSSR count). The standard InChI is InChI=1S/C16H23NO/c1-18-15-11-13-7-5-6-12(13)10-14(15)16(17)8-3-2-4-9-16/h10-11H,2-9,17H2,1H3. The van der Waals surface area contributed by atoms with Crippen molar-refractivity contribution in [2.45, 2.75) is 56.9 Å². The summed E-state index contributed by atoms with van der Waals surface area (Å²) in [6.45, 7) is 0. The van der Waals surface area contributed by atoms with Gasteiger partial charge < -0.3 is 10.5 Å². The topological polar surface area (TPSA) is 35.2 Å². The minimum Gasteiger partial charge on any atom is -0.496 e. The van der Waals surface area contributed by atoms with Crippen molar-refractivity contribution in [1.29, 1.82) is 0 Å². The molecule has 1 aromatic rings. The summed E-state index contributed by atoms with van der Waals surface area (Å²) in [4.78, 5) is 0. The molecule has 0 atom stereocenters. The van der Waals surface area contributed by atoms with Gasteiger partial charge in [0.25, 0.3) is 0 Å². The van der Waals surface area contributed by atoms with E-state index in [0.29, 0.717) is 0 Å². The van der Waals surface area contributed by atoms with Crippen LogP contribution in [0.5, 0.6) is 5.75 Å². The maximum absolute atomic E-state index is 6.67. The van der Waals surface area contributed by atoms with E-state index in [4.69, 9.17) is 10.5 Å². The van der Waals surface area contributed by atoms with E-state index in [1.54, 1.807) is 7.11 Å². The van der Waals surface area contributed by atoms with Gasteiger partial charge in [0.15, 0.2) is 0 Å². The normalized spacial score (nSPS) is 21.7. The Balaban J connectivity index is 2.04. The molecule has 2 nitrogen and oxygen atoms in total. The molecular formula is C16H23NO. The van der Waals surface area contributed by atoms with E-state index in [1.807, 2.05) is 0 Å². The lowest BCUT2D eigenvalue weighted by Gasteiger charge is -2.35. The highest BCUT2D eigenvalue weighted by atomic mass is 16.5. The number of hydrogen-bond donors (Lipinski definition) is 1. The minimum absolute atomic E-state index is 0.152. The first-order valence-electron chi connectivity index (χ1n) is 7.22. The molecule has 2 aliphatic carbocycles. The van der Waals surface area contributed by atoms with Crippen LogP contribution in [0.3, 0.4) is 0 Å². The van der Waals surface area contributed by atoms with Crippen LogP contribution in [0.1, 0.15) is 55.2 Å². The predicted octanol–water partition coefficient (Wildman–Crippen LogP) is 3.30. The monoisotopic (exact) mass is 245 g/mol. The van der Waals surface area contributed by atoms with Gasteiger partial charge in [0.05, 0.1) is 7.11 Å². The van der Waals surface area contributed by atoms with E-state index in [0.717, 1.165) is 18.6 Å². The molecule has 0 radical (unpaired) electrons. The van der Waals surface area contributed by atoms with Crippen molar-refractivity contribution in [3.8, 4) is 5.75 Å². The lowest BCUT2D eigenvalue weighted by Crippen LogP contribution is -2.39. The van der Waals surface area contributed by atoms with Gasteiger partial charge in [-0.05, 0) is 55.4 Å². The van der Waals surface area contributed by atoms with Gasteiger partial charge in [-0.2, -0.15) is 0 Å². The maximum Gasteiger partial charge on any atom is 0.124 e. The second-order valence-electron chi connectivity index (χ2n) is 5.89. The van der Waals surface area contributed by atoms with Gasteiger partial charge in [-0.15, -0.1) is 0 Å². The summed E-state index contributed by atoms with van der Waals surface area (Å²) in [5.74, 6) is 1.01. The Morgan fingerprint density at radius 3 is 2.33 bits per heavy atom. The number of ether oxygens (including phenoxy) is 1. The molecule has 2 heteroatoms. The lowest BCUT2D eigenvalue weighted by molar-refractivity contribution is 0.289. The molecule has 18 heavy (non-hydrogen) atoms. The fourth-order valence-electron chi connectivity index (χ4n) is 3.61. The third kappa shape index (κ3) is 1.93. The van der Waals surface area contributed by atoms with Crippen molar-refractivity contribution >= 4 is 0 Å². The first kappa shape index (κ1) is 12.0. The van der Waals surface area contributed by atoms with Crippen LogP contribution >= 0.6 is 0 Å². The summed E-state index contributed by atoms with van der Waals surface area (Å²) >= 11 is 0. The van der Waals surface area contributed by atoms with Crippen LogP contribution in [0, 0.1) is 0 Å². The molecule has 0 amide bonds. The molecule has 0 aromatic heterocycles. The molecule has 1 fully saturated rings. The Kier molecular flexibility index (Phi) is 3.06. The minimum atomic E-state index is -0.152. The zero-order chi connectivity index (χ0) is 12.6. The Morgan fingerprint density at radius 1 is 1.00 bits per heavy atom. The van der Waals surface area contributed by atoms with Gasteiger partial charge in [-0.1, -0.05) is 19.3 Å². The smallest absolute Gasteiger partial charge is 0.124 e. The van der Waals surface area contributed by atoms with Crippen molar-refractivity contribution in [1.82, 2.24) is 0 Å². The number of benzene rings is 1. The van der Waals surface area contributed by atoms with Gasteiger partial charge >= 0.3 is 0 Å². The van der Waals surface area contributed by atoms with Gasteiger partial charge in [0.1, 0.15) is 5.75 Å². The van der Waals surface area contributed by atoms with E-state index < -0.39 is 0 Å². The Labute approximate surface area is 110 Å². The molecule has 0 aliphatic heterocycles. The number of fused-ring (bicyclic) bond motifs is 1. The predicted molar refractivity (Wildman–Crippen MR) is 74.0 cm³/mol. The van der Waals surface area contributed by atoms with Gasteiger partial charge in [0.2, 0.25) is 0 Å². The molecule has 2 N–H and O–H groups in total. The van der Waals surface area contributed by atoms with E-state index in [9.17, 15) is 0 Å². The van der Waals surface area contributed by atoms with Crippen LogP contribution in [-0.2, 0) is 18.4 Å². The summed E-state index contributed by atoms with van der Waals surface area (Å²) in [7, 11) is 1.77. The Hall–Kier alpha value is -1.02. The van der Waals surface area contributed by atoms with E-state index >= 15 is 0 Å². The number of rotatable bonds is 2. The van der Waals surface area contributed by atoms with Crippen LogP contribution in [0.15, 0.2) is 12.1 Å². The summed E-state index contributed by atoms with van der Waals surface area (Å²) in [6, 6.07) is 4.58. The fraction of sp³-hybridized carbons (Fsp3) is 0.625. The number of nitrogens with two attached hydrogens (primary N) is 1. The molecular weight excluding hydrogens is 222 g/mol. The SMILES string of the molecule is COc1cc2c(cc1C1(N)CCCCC1)CCC2. The summed E-state index contributed by atoms with van der Waals surface area (Å²) in [5.41, 5.74) is 10.7. The van der Waals surface area contributed by atoms with E-state index in [1.165, 1.54) is 55.2 Å². The van der Waals surface area contributed by atoms with Crippen LogP contribution in [-0.4, -0.2) is 7.11 Å². The first-order valence-corrected chi connectivity index (χ1v) is 7.22. The average Bonchev–Trinajstić information content (AvgIpc) is 2.85. The second-order valence-corrected chi connectivity index (χ2v) is 5.89. The average molecular weight is 245 g/mol. The van der Waals surface area contributed by atoms with Gasteiger partial charge in [-0.3, -0.25) is 0 Å². The van der Waals surface area contributed by atoms with Crippen LogP contribution < -0.4 is 10.5 Å². The largest absolute Gasteiger partial charge is 0.496 e. The van der Waals surface area contributed by atoms with Crippen molar-refractivity contribution in [2.75, 3.05) is 7.11 Å². The Morgan fingerprint density at radius 2 is 1.67 bits per heavy atom. The molecule has 0 unspecified atom stereocenters. The van der Waals surface area contributed by atoms with Crippen LogP contribution in [0.25, 0.3) is 0 Å². The molecule has 98 valence electrons. The molecule has 1 aromatic carbocycles. The highest BCUT2D eigenvalue weighted by Gasteiger charge is 2.33. The number of methoxy groups -OCH3 is 1. The van der Waals surface area contributed by atoms with E-state index in [2.05, 4.69) is 12.1 Å². The highest BCUT2D eigenvalue weighted by Crippen LogP contribution is 2.41. The van der Waals surface area contributed by atoms with Crippen LogP contribution in [0.2, 0.25) is 0 Å². The second kappa shape index (κ2) is 4.58. The van der Waals surface area contributed by atoms with Crippen molar-refractivity contribution < 1.29 is 4.74 Å². The molecule has 1 saturated carbocycles. The number of hydrogen-bond acceptors (Lipinski definition) is 2. The van der Waals surface area contributed by atoms with Crippen molar-refractivity contribution in [2.24, 2.45) is 5.73 Å². The third-order valence-corrected chi connectivity index (χ3v) is 4.70. The molecule has 0 saturated heterocycles. The molecule has 2 aliphatic rings. The summed E-state index contributed by atoms with van der Waals surface area (Å²) in [5, 5.41) is 0. The highest BCUT2D eigenvalue weighted by molar-refractivity contribution is 5.48. The molecule has 0 bridgehead atoms. The first-order chi connectivity index (χ1) is 8.73. The van der Waals surface area contributed by atoms with Crippen molar-refractivity contribution in [3.05, 3.63) is 28.8 Å². The van der Waals surface area contributed by atoms with Crippen molar-refractivity contribution in [3.63, 3.8) is 0 Å². The quantitative estimate of drug-likeness (QED) is 0.867. The maximum atomic E-state index is 6.67. The van der Waals surface area contributed by atoms with Gasteiger partial charge in [0, 0.05) is 11.1 Å². The summed E-state index contributed by atoms with van der Waals surface area (Å²) < 4.78 is 5.61. The zero-order valence-corrected chi connectivity index (χ0v) is 11.3. The molecule has 0 spiro atoms. The Bertz CT molecular complexity index is 447. The van der Waals surface area contributed by atoms with Gasteiger partial charge in [-0.25, -0.2) is 0 Å². The lowest BCUT2D eigenvalue weighted by atomic mass is 9.76. The number of aryl methyl sites for hydroxylation is 2. The molecule has 0 heterocycles. The van der Waals surface area contributed by atoms with Crippen LogP contribution in [0.4, 0.5) is 0 Å². The third-order valence-electron chi connectivity index (χ3n) is 4.70. The summed E-state index contributed by atoms with van der Waals surface area (Å²) in [6.07, 6.45) is 9.70. The van der Waals surface area contributed by atoms with E-state index in [-0.39, 0.29) is 5.54 Å². The zero-order valence-electron chi connectivity index (χ0n) is 11.3.